The van der Waals surface area contributed by atoms with Crippen molar-refractivity contribution < 1.29 is 13.2 Å². The van der Waals surface area contributed by atoms with Gasteiger partial charge in [0.05, 0.1) is 11.6 Å². The Morgan fingerprint density at radius 2 is 2.10 bits per heavy atom. The summed E-state index contributed by atoms with van der Waals surface area (Å²) in [6, 6.07) is 7.03. The molecule has 0 aliphatic carbocycles. The van der Waals surface area contributed by atoms with E-state index in [0.717, 1.165) is 16.8 Å². The molecule has 4 rings (SSSR count). The number of aromatic nitrogens is 3. The number of H-pyrrole nitrogens is 1. The number of carbonyl (C=O) groups excluding carboxylic acids is 1. The van der Waals surface area contributed by atoms with Gasteiger partial charge >= 0.3 is 0 Å². The first-order valence-corrected chi connectivity index (χ1v) is 11.6. The predicted octanol–water partition coefficient (Wildman–Crippen LogP) is 2.88. The zero-order chi connectivity index (χ0) is 20.4. The summed E-state index contributed by atoms with van der Waals surface area (Å²) in [5.41, 5.74) is 2.56. The summed E-state index contributed by atoms with van der Waals surface area (Å²) in [4.78, 5) is 16.8. The second kappa shape index (κ2) is 8.05. The summed E-state index contributed by atoms with van der Waals surface area (Å²) in [6.07, 6.45) is 4.67. The molecule has 1 saturated heterocycles. The number of sulfonamides is 1. The molecule has 1 amide bonds. The Bertz CT molecular complexity index is 1090. The van der Waals surface area contributed by atoms with Gasteiger partial charge in [0, 0.05) is 36.6 Å². The Hall–Kier alpha value is -2.56. The Balaban J connectivity index is 1.47. The Kier molecular flexibility index (Phi) is 5.48. The standard InChI is InChI=1S/C19H21N5O3S2/c1-13-17(14-6-8-20-9-7-14)22-23-18(13)21-19(25)15-4-2-10-24(12-15)29(26,27)16-5-3-11-28-16/h3,5-9,11,15H,2,4,10,12H2,1H3,(H2,21,22,23,25). The van der Waals surface area contributed by atoms with Crippen molar-refractivity contribution in [2.45, 2.75) is 24.0 Å². The van der Waals surface area contributed by atoms with Crippen LogP contribution >= 0.6 is 11.3 Å². The van der Waals surface area contributed by atoms with Crippen LogP contribution < -0.4 is 5.32 Å². The molecule has 1 fully saturated rings. The highest BCUT2D eigenvalue weighted by Gasteiger charge is 2.34. The van der Waals surface area contributed by atoms with Gasteiger partial charge in [-0.25, -0.2) is 8.42 Å². The molecule has 1 aliphatic rings. The maximum Gasteiger partial charge on any atom is 0.252 e. The zero-order valence-electron chi connectivity index (χ0n) is 15.8. The summed E-state index contributed by atoms with van der Waals surface area (Å²) >= 11 is 1.19. The number of carbonyl (C=O) groups is 1. The minimum atomic E-state index is -3.55. The minimum absolute atomic E-state index is 0.173. The summed E-state index contributed by atoms with van der Waals surface area (Å²) in [7, 11) is -3.55. The van der Waals surface area contributed by atoms with Gasteiger partial charge in [-0.2, -0.15) is 9.40 Å². The summed E-state index contributed by atoms with van der Waals surface area (Å²) in [5, 5.41) is 11.8. The Labute approximate surface area is 173 Å². The van der Waals surface area contributed by atoms with E-state index in [1.54, 1.807) is 29.9 Å². The van der Waals surface area contributed by atoms with Crippen LogP contribution in [0.3, 0.4) is 0 Å². The van der Waals surface area contributed by atoms with Gasteiger partial charge in [0.15, 0.2) is 5.82 Å². The van der Waals surface area contributed by atoms with Gasteiger partial charge in [-0.15, -0.1) is 11.3 Å². The van der Waals surface area contributed by atoms with E-state index in [9.17, 15) is 13.2 Å². The fourth-order valence-electron chi connectivity index (χ4n) is 3.45. The number of piperidine rings is 1. The van der Waals surface area contributed by atoms with E-state index in [4.69, 9.17) is 0 Å². The number of pyridine rings is 1. The molecule has 1 unspecified atom stereocenters. The monoisotopic (exact) mass is 431 g/mol. The van der Waals surface area contributed by atoms with Gasteiger partial charge in [-0.3, -0.25) is 14.9 Å². The van der Waals surface area contributed by atoms with Crippen LogP contribution in [0.15, 0.2) is 46.2 Å². The van der Waals surface area contributed by atoms with Crippen molar-refractivity contribution in [2.75, 3.05) is 18.4 Å². The number of rotatable bonds is 5. The number of nitrogens with zero attached hydrogens (tertiary/aromatic N) is 3. The van der Waals surface area contributed by atoms with E-state index >= 15 is 0 Å². The van der Waals surface area contributed by atoms with Gasteiger partial charge in [0.2, 0.25) is 5.91 Å². The first-order valence-electron chi connectivity index (χ1n) is 9.26. The maximum absolute atomic E-state index is 12.8. The molecule has 10 heteroatoms. The lowest BCUT2D eigenvalue weighted by Gasteiger charge is -2.30. The fraction of sp³-hybridized carbons (Fsp3) is 0.316. The van der Waals surface area contributed by atoms with Crippen LogP contribution in [0.4, 0.5) is 5.82 Å². The third kappa shape index (κ3) is 3.96. The third-order valence-corrected chi connectivity index (χ3v) is 8.30. The fourth-order valence-corrected chi connectivity index (χ4v) is 6.12. The summed E-state index contributed by atoms with van der Waals surface area (Å²) < 4.78 is 27.3. The van der Waals surface area contributed by atoms with Crippen molar-refractivity contribution in [1.82, 2.24) is 19.5 Å². The first-order chi connectivity index (χ1) is 14.0. The van der Waals surface area contributed by atoms with Crippen LogP contribution in [0.25, 0.3) is 11.3 Å². The van der Waals surface area contributed by atoms with Crippen LogP contribution in [0.5, 0.6) is 0 Å². The molecular formula is C19H21N5O3S2. The van der Waals surface area contributed by atoms with Crippen molar-refractivity contribution in [3.05, 3.63) is 47.6 Å². The van der Waals surface area contributed by atoms with Crippen LogP contribution in [0.1, 0.15) is 18.4 Å². The zero-order valence-corrected chi connectivity index (χ0v) is 17.5. The second-order valence-electron chi connectivity index (χ2n) is 6.93. The Morgan fingerprint density at radius 1 is 1.31 bits per heavy atom. The molecule has 152 valence electrons. The number of anilines is 1. The van der Waals surface area contributed by atoms with E-state index in [-0.39, 0.29) is 12.5 Å². The molecular weight excluding hydrogens is 410 g/mol. The first kappa shape index (κ1) is 19.7. The Morgan fingerprint density at radius 3 is 2.83 bits per heavy atom. The lowest BCUT2D eigenvalue weighted by Crippen LogP contribution is -2.43. The van der Waals surface area contributed by atoms with E-state index in [1.165, 1.54) is 15.6 Å². The lowest BCUT2D eigenvalue weighted by atomic mass is 9.99. The molecule has 3 aromatic heterocycles. The van der Waals surface area contributed by atoms with Gasteiger partial charge < -0.3 is 5.32 Å². The highest BCUT2D eigenvalue weighted by atomic mass is 32.2. The molecule has 0 saturated carbocycles. The smallest absolute Gasteiger partial charge is 0.252 e. The average molecular weight is 432 g/mol. The van der Waals surface area contributed by atoms with Crippen molar-refractivity contribution in [3.63, 3.8) is 0 Å². The molecule has 8 nitrogen and oxygen atoms in total. The quantitative estimate of drug-likeness (QED) is 0.646. The van der Waals surface area contributed by atoms with Crippen LogP contribution in [-0.2, 0) is 14.8 Å². The van der Waals surface area contributed by atoms with E-state index in [2.05, 4.69) is 20.5 Å². The molecule has 0 bridgehead atoms. The number of hydrogen-bond donors (Lipinski definition) is 2. The minimum Gasteiger partial charge on any atom is -0.309 e. The van der Waals surface area contributed by atoms with Gasteiger partial charge in [-0.05, 0) is 43.3 Å². The van der Waals surface area contributed by atoms with E-state index in [0.29, 0.717) is 29.4 Å². The highest BCUT2D eigenvalue weighted by molar-refractivity contribution is 7.91. The second-order valence-corrected chi connectivity index (χ2v) is 10.0. The topological polar surface area (TPSA) is 108 Å². The molecule has 4 heterocycles. The van der Waals surface area contributed by atoms with Gasteiger partial charge in [0.1, 0.15) is 4.21 Å². The normalized spacial score (nSPS) is 17.9. The summed E-state index contributed by atoms with van der Waals surface area (Å²) in [6.45, 7) is 2.48. The molecule has 2 N–H and O–H groups in total. The molecule has 29 heavy (non-hydrogen) atoms. The third-order valence-electron chi connectivity index (χ3n) is 5.06. The van der Waals surface area contributed by atoms with E-state index < -0.39 is 15.9 Å². The lowest BCUT2D eigenvalue weighted by molar-refractivity contribution is -0.120. The SMILES string of the molecule is Cc1c(NC(=O)C2CCCN(S(=O)(=O)c3cccs3)C2)n[nH]c1-c1ccncc1. The van der Waals surface area contributed by atoms with Crippen molar-refractivity contribution in [3.8, 4) is 11.3 Å². The maximum atomic E-state index is 12.8. The molecule has 3 aromatic rings. The summed E-state index contributed by atoms with van der Waals surface area (Å²) in [5.74, 6) is -0.175. The molecule has 0 spiro atoms. The molecule has 1 aliphatic heterocycles. The highest BCUT2D eigenvalue weighted by Crippen LogP contribution is 2.29. The number of aromatic amines is 1. The molecule has 0 radical (unpaired) electrons. The van der Waals surface area contributed by atoms with Crippen molar-refractivity contribution in [2.24, 2.45) is 5.92 Å². The number of nitrogens with one attached hydrogen (secondary N) is 2. The van der Waals surface area contributed by atoms with Gasteiger partial charge in [0.25, 0.3) is 10.0 Å². The molecule has 1 atom stereocenters. The van der Waals surface area contributed by atoms with Crippen LogP contribution in [-0.4, -0.2) is 46.9 Å². The average Bonchev–Trinajstić information content (AvgIpc) is 3.40. The van der Waals surface area contributed by atoms with Crippen LogP contribution in [0, 0.1) is 12.8 Å². The molecule has 0 aromatic carbocycles. The largest absolute Gasteiger partial charge is 0.309 e. The van der Waals surface area contributed by atoms with Crippen molar-refractivity contribution in [1.29, 1.82) is 0 Å². The van der Waals surface area contributed by atoms with Gasteiger partial charge in [-0.1, -0.05) is 6.07 Å². The van der Waals surface area contributed by atoms with Crippen LogP contribution in [0.2, 0.25) is 0 Å². The number of hydrogen-bond acceptors (Lipinski definition) is 6. The number of thiophene rings is 1. The predicted molar refractivity (Wildman–Crippen MR) is 111 cm³/mol. The van der Waals surface area contributed by atoms with Crippen molar-refractivity contribution >= 4 is 33.1 Å². The number of amides is 1. The van der Waals surface area contributed by atoms with E-state index in [1.807, 2.05) is 19.1 Å².